The van der Waals surface area contributed by atoms with Gasteiger partial charge >= 0.3 is 6.03 Å². The Labute approximate surface area is 121 Å². The largest absolute Gasteiger partial charge is 0.392 e. The molecule has 1 aliphatic heterocycles. The van der Waals surface area contributed by atoms with E-state index in [0.717, 1.165) is 0 Å². The fourth-order valence-electron chi connectivity index (χ4n) is 2.15. The van der Waals surface area contributed by atoms with Crippen molar-refractivity contribution in [1.82, 2.24) is 10.6 Å². The third-order valence-electron chi connectivity index (χ3n) is 3.16. The van der Waals surface area contributed by atoms with Crippen molar-refractivity contribution < 1.29 is 19.1 Å². The first-order valence-corrected chi connectivity index (χ1v) is 6.74. The summed E-state index contributed by atoms with van der Waals surface area (Å²) >= 11 is 0. The Balaban J connectivity index is 1.90. The number of nitrogens with one attached hydrogen (secondary N) is 2. The Hall–Kier alpha value is -2.15. The van der Waals surface area contributed by atoms with Gasteiger partial charge in [-0.3, -0.25) is 4.79 Å². The second-order valence-corrected chi connectivity index (χ2v) is 5.09. The van der Waals surface area contributed by atoms with E-state index in [1.165, 1.54) is 29.2 Å². The third-order valence-corrected chi connectivity index (χ3v) is 3.16. The van der Waals surface area contributed by atoms with Gasteiger partial charge in [0.05, 0.1) is 12.1 Å². The molecule has 1 aromatic carbocycles. The molecule has 2 atom stereocenters. The zero-order valence-corrected chi connectivity index (χ0v) is 11.7. The van der Waals surface area contributed by atoms with Gasteiger partial charge in [-0.25, -0.2) is 9.18 Å². The number of nitrogens with zero attached hydrogens (tertiary/aromatic N) is 1. The summed E-state index contributed by atoms with van der Waals surface area (Å²) in [4.78, 5) is 25.0. The van der Waals surface area contributed by atoms with Gasteiger partial charge in [0.2, 0.25) is 5.91 Å². The SMILES string of the molecule is C[C@H](O)CNC(=O)N[C@@H]1CC(=O)N(c2ccc(F)cc2)C1. The van der Waals surface area contributed by atoms with Crippen LogP contribution in [0.15, 0.2) is 24.3 Å². The van der Waals surface area contributed by atoms with E-state index in [0.29, 0.717) is 12.2 Å². The van der Waals surface area contributed by atoms with Crippen molar-refractivity contribution >= 4 is 17.6 Å². The summed E-state index contributed by atoms with van der Waals surface area (Å²) in [6.07, 6.45) is -0.434. The van der Waals surface area contributed by atoms with E-state index < -0.39 is 12.1 Å². The van der Waals surface area contributed by atoms with Crippen LogP contribution in [0.2, 0.25) is 0 Å². The van der Waals surface area contributed by atoms with Gasteiger partial charge in [0.15, 0.2) is 0 Å². The molecule has 0 bridgehead atoms. The molecule has 21 heavy (non-hydrogen) atoms. The van der Waals surface area contributed by atoms with E-state index in [-0.39, 0.29) is 30.7 Å². The Morgan fingerprint density at radius 1 is 1.48 bits per heavy atom. The van der Waals surface area contributed by atoms with E-state index in [4.69, 9.17) is 5.11 Å². The molecule has 1 heterocycles. The number of carbonyl (C=O) groups is 2. The van der Waals surface area contributed by atoms with Crippen LogP contribution in [0, 0.1) is 5.82 Å². The Morgan fingerprint density at radius 3 is 2.76 bits per heavy atom. The standard InChI is InChI=1S/C14H18FN3O3/c1-9(19)7-16-14(21)17-11-6-13(20)18(8-11)12-4-2-10(15)3-5-12/h2-5,9,11,19H,6-8H2,1H3,(H2,16,17,21)/t9-,11+/m0/s1. The number of aliphatic hydroxyl groups is 1. The predicted molar refractivity (Wildman–Crippen MR) is 75.4 cm³/mol. The maximum absolute atomic E-state index is 12.9. The summed E-state index contributed by atoms with van der Waals surface area (Å²) in [6, 6.07) is 4.91. The van der Waals surface area contributed by atoms with Crippen molar-refractivity contribution in [3.05, 3.63) is 30.1 Å². The second kappa shape index (κ2) is 6.53. The molecule has 6 nitrogen and oxygen atoms in total. The highest BCUT2D eigenvalue weighted by Gasteiger charge is 2.31. The molecule has 7 heteroatoms. The van der Waals surface area contributed by atoms with E-state index in [9.17, 15) is 14.0 Å². The van der Waals surface area contributed by atoms with Gasteiger partial charge in [-0.15, -0.1) is 0 Å². The topological polar surface area (TPSA) is 81.7 Å². The minimum absolute atomic E-state index is 0.123. The first-order valence-electron chi connectivity index (χ1n) is 6.74. The lowest BCUT2D eigenvalue weighted by molar-refractivity contribution is -0.117. The van der Waals surface area contributed by atoms with Crippen LogP contribution in [0.5, 0.6) is 0 Å². The van der Waals surface area contributed by atoms with Crippen LogP contribution in [0.4, 0.5) is 14.9 Å². The molecule has 0 spiro atoms. The Kier molecular flexibility index (Phi) is 4.74. The summed E-state index contributed by atoms with van der Waals surface area (Å²) < 4.78 is 12.9. The molecule has 1 aliphatic rings. The molecule has 0 radical (unpaired) electrons. The highest BCUT2D eigenvalue weighted by atomic mass is 19.1. The molecule has 1 aromatic rings. The number of halogens is 1. The molecule has 0 unspecified atom stereocenters. The molecule has 3 amide bonds. The third kappa shape index (κ3) is 4.16. The predicted octanol–water partition coefficient (Wildman–Crippen LogP) is 0.611. The number of aliphatic hydroxyl groups excluding tert-OH is 1. The maximum Gasteiger partial charge on any atom is 0.315 e. The number of carbonyl (C=O) groups excluding carboxylic acids is 2. The highest BCUT2D eigenvalue weighted by molar-refractivity contribution is 5.96. The van der Waals surface area contributed by atoms with Crippen molar-refractivity contribution in [2.24, 2.45) is 0 Å². The lowest BCUT2D eigenvalue weighted by Crippen LogP contribution is -2.45. The summed E-state index contributed by atoms with van der Waals surface area (Å²) in [5, 5.41) is 14.3. The Morgan fingerprint density at radius 2 is 2.14 bits per heavy atom. The van der Waals surface area contributed by atoms with E-state index in [2.05, 4.69) is 10.6 Å². The van der Waals surface area contributed by atoms with Crippen molar-refractivity contribution in [3.63, 3.8) is 0 Å². The number of rotatable bonds is 4. The number of hydrogen-bond acceptors (Lipinski definition) is 3. The first-order chi connectivity index (χ1) is 9.95. The summed E-state index contributed by atoms with van der Waals surface area (Å²) in [6.45, 7) is 2.05. The van der Waals surface area contributed by atoms with Crippen LogP contribution in [0.25, 0.3) is 0 Å². The summed E-state index contributed by atoms with van der Waals surface area (Å²) in [5.41, 5.74) is 0.607. The fourth-order valence-corrected chi connectivity index (χ4v) is 2.15. The number of hydrogen-bond donors (Lipinski definition) is 3. The zero-order chi connectivity index (χ0) is 15.4. The minimum atomic E-state index is -0.628. The first kappa shape index (κ1) is 15.2. The fraction of sp³-hybridized carbons (Fsp3) is 0.429. The van der Waals surface area contributed by atoms with Crippen molar-refractivity contribution in [2.45, 2.75) is 25.5 Å². The minimum Gasteiger partial charge on any atom is -0.392 e. The van der Waals surface area contributed by atoms with Crippen LogP contribution in [-0.2, 0) is 4.79 Å². The van der Waals surface area contributed by atoms with Crippen LogP contribution in [0.3, 0.4) is 0 Å². The van der Waals surface area contributed by atoms with Gasteiger partial charge in [0, 0.05) is 25.2 Å². The number of amides is 3. The second-order valence-electron chi connectivity index (χ2n) is 5.09. The maximum atomic E-state index is 12.9. The summed E-state index contributed by atoms with van der Waals surface area (Å²) in [7, 11) is 0. The molecule has 2 rings (SSSR count). The van der Waals surface area contributed by atoms with Gasteiger partial charge in [-0.1, -0.05) is 0 Å². The van der Waals surface area contributed by atoms with E-state index in [1.54, 1.807) is 6.92 Å². The number of urea groups is 1. The molecular weight excluding hydrogens is 277 g/mol. The molecule has 0 saturated carbocycles. The van der Waals surface area contributed by atoms with Crippen molar-refractivity contribution in [3.8, 4) is 0 Å². The lowest BCUT2D eigenvalue weighted by Gasteiger charge is -2.17. The van der Waals surface area contributed by atoms with E-state index >= 15 is 0 Å². The van der Waals surface area contributed by atoms with Crippen LogP contribution >= 0.6 is 0 Å². The molecule has 1 fully saturated rings. The van der Waals surface area contributed by atoms with Gasteiger partial charge in [-0.05, 0) is 31.2 Å². The van der Waals surface area contributed by atoms with Gasteiger partial charge in [0.25, 0.3) is 0 Å². The lowest BCUT2D eigenvalue weighted by atomic mass is 10.2. The van der Waals surface area contributed by atoms with Gasteiger partial charge in [-0.2, -0.15) is 0 Å². The van der Waals surface area contributed by atoms with Crippen LogP contribution < -0.4 is 15.5 Å². The van der Waals surface area contributed by atoms with Crippen LogP contribution in [-0.4, -0.2) is 42.3 Å². The van der Waals surface area contributed by atoms with E-state index in [1.807, 2.05) is 0 Å². The molecule has 114 valence electrons. The normalized spacial score (nSPS) is 19.5. The highest BCUT2D eigenvalue weighted by Crippen LogP contribution is 2.21. The summed E-state index contributed by atoms with van der Waals surface area (Å²) in [5.74, 6) is -0.486. The average molecular weight is 295 g/mol. The number of benzene rings is 1. The average Bonchev–Trinajstić information content (AvgIpc) is 2.78. The van der Waals surface area contributed by atoms with Gasteiger partial charge in [0.1, 0.15) is 5.82 Å². The zero-order valence-electron chi connectivity index (χ0n) is 11.7. The Bertz CT molecular complexity index is 519. The van der Waals surface area contributed by atoms with Crippen molar-refractivity contribution in [1.29, 1.82) is 0 Å². The molecule has 0 aromatic heterocycles. The molecular formula is C14H18FN3O3. The quantitative estimate of drug-likeness (QED) is 0.761. The van der Waals surface area contributed by atoms with Crippen molar-refractivity contribution in [2.75, 3.05) is 18.0 Å². The monoisotopic (exact) mass is 295 g/mol. The molecule has 0 aliphatic carbocycles. The molecule has 3 N–H and O–H groups in total. The number of anilines is 1. The molecule has 1 saturated heterocycles. The van der Waals surface area contributed by atoms with Gasteiger partial charge < -0.3 is 20.6 Å². The van der Waals surface area contributed by atoms with Crippen LogP contribution in [0.1, 0.15) is 13.3 Å². The smallest absolute Gasteiger partial charge is 0.315 e.